The molecule has 4 heteroatoms. The molecule has 4 nitrogen and oxygen atoms in total. The number of fused-ring (bicyclic) bond motifs is 1. The summed E-state index contributed by atoms with van der Waals surface area (Å²) < 4.78 is 11.3. The van der Waals surface area contributed by atoms with E-state index in [0.717, 1.165) is 49.6 Å². The van der Waals surface area contributed by atoms with Crippen LogP contribution >= 0.6 is 0 Å². The molecule has 1 aromatic carbocycles. The summed E-state index contributed by atoms with van der Waals surface area (Å²) in [4.78, 5) is 4.56. The predicted molar refractivity (Wildman–Crippen MR) is 74.1 cm³/mol. The second-order valence-corrected chi connectivity index (χ2v) is 5.07. The summed E-state index contributed by atoms with van der Waals surface area (Å²) in [5.41, 5.74) is 1.81. The molecular weight excluding hydrogens is 240 g/mol. The number of oxazole rings is 1. The highest BCUT2D eigenvalue weighted by molar-refractivity contribution is 5.72. The maximum absolute atomic E-state index is 5.81. The van der Waals surface area contributed by atoms with Gasteiger partial charge in [0, 0.05) is 25.0 Å². The van der Waals surface area contributed by atoms with E-state index in [2.05, 4.69) is 17.2 Å². The van der Waals surface area contributed by atoms with Crippen molar-refractivity contribution in [2.24, 2.45) is 5.92 Å². The molecular formula is C15H20N2O2. The number of ether oxygens (including phenoxy) is 1. The minimum absolute atomic E-state index is 0.389. The maximum Gasteiger partial charge on any atom is 0.197 e. The summed E-state index contributed by atoms with van der Waals surface area (Å²) in [6.07, 6.45) is 1.95. The van der Waals surface area contributed by atoms with Gasteiger partial charge in [0.1, 0.15) is 5.52 Å². The molecule has 2 heterocycles. The fourth-order valence-corrected chi connectivity index (χ4v) is 2.73. The molecule has 1 fully saturated rings. The van der Waals surface area contributed by atoms with Crippen molar-refractivity contribution in [3.05, 3.63) is 30.2 Å². The van der Waals surface area contributed by atoms with Crippen LogP contribution < -0.4 is 5.32 Å². The highest BCUT2D eigenvalue weighted by Crippen LogP contribution is 2.22. The second kappa shape index (κ2) is 5.72. The van der Waals surface area contributed by atoms with Crippen molar-refractivity contribution in [3.8, 4) is 0 Å². The van der Waals surface area contributed by atoms with Gasteiger partial charge in [0.15, 0.2) is 11.5 Å². The topological polar surface area (TPSA) is 47.3 Å². The number of likely N-dealkylation sites (N-methyl/N-ethyl adjacent to an activating group) is 1. The number of hydrogen-bond donors (Lipinski definition) is 1. The fourth-order valence-electron chi connectivity index (χ4n) is 2.73. The van der Waals surface area contributed by atoms with E-state index in [4.69, 9.17) is 9.15 Å². The third kappa shape index (κ3) is 2.80. The zero-order valence-corrected chi connectivity index (χ0v) is 11.3. The van der Waals surface area contributed by atoms with Gasteiger partial charge in [-0.2, -0.15) is 0 Å². The van der Waals surface area contributed by atoms with Crippen LogP contribution in [-0.4, -0.2) is 30.8 Å². The fraction of sp³-hybridized carbons (Fsp3) is 0.533. The summed E-state index contributed by atoms with van der Waals surface area (Å²) in [7, 11) is 0. The first-order valence-corrected chi connectivity index (χ1v) is 7.02. The smallest absolute Gasteiger partial charge is 0.197 e. The van der Waals surface area contributed by atoms with Gasteiger partial charge in [-0.15, -0.1) is 0 Å². The summed E-state index contributed by atoms with van der Waals surface area (Å²) >= 11 is 0. The number of hydrogen-bond acceptors (Lipinski definition) is 4. The van der Waals surface area contributed by atoms with Crippen molar-refractivity contribution in [2.75, 3.05) is 19.8 Å². The average Bonchev–Trinajstić information content (AvgIpc) is 3.07. The number of benzene rings is 1. The van der Waals surface area contributed by atoms with Gasteiger partial charge < -0.3 is 14.5 Å². The molecule has 0 radical (unpaired) electrons. The van der Waals surface area contributed by atoms with E-state index in [0.29, 0.717) is 12.0 Å². The molecule has 2 unspecified atom stereocenters. The molecule has 0 amide bonds. The van der Waals surface area contributed by atoms with Crippen LogP contribution in [-0.2, 0) is 11.2 Å². The SMILES string of the molecule is CCNC(Cc1nc2ccccc2o1)C1CCOC1. The van der Waals surface area contributed by atoms with Gasteiger partial charge >= 0.3 is 0 Å². The van der Waals surface area contributed by atoms with E-state index in [1.54, 1.807) is 0 Å². The van der Waals surface area contributed by atoms with Gasteiger partial charge in [0.05, 0.1) is 6.61 Å². The first-order valence-electron chi connectivity index (χ1n) is 7.02. The largest absolute Gasteiger partial charge is 0.441 e. The number of aromatic nitrogens is 1. The van der Waals surface area contributed by atoms with E-state index >= 15 is 0 Å². The second-order valence-electron chi connectivity index (χ2n) is 5.07. The molecule has 1 N–H and O–H groups in total. The highest BCUT2D eigenvalue weighted by atomic mass is 16.5. The van der Waals surface area contributed by atoms with E-state index in [-0.39, 0.29) is 0 Å². The number of nitrogens with zero attached hydrogens (tertiary/aromatic N) is 1. The summed E-state index contributed by atoms with van der Waals surface area (Å²) in [6.45, 7) is 4.81. The Morgan fingerprint density at radius 1 is 1.42 bits per heavy atom. The van der Waals surface area contributed by atoms with Crippen molar-refractivity contribution < 1.29 is 9.15 Å². The number of para-hydroxylation sites is 2. The van der Waals surface area contributed by atoms with Crippen LogP contribution in [0.15, 0.2) is 28.7 Å². The van der Waals surface area contributed by atoms with Crippen molar-refractivity contribution in [2.45, 2.75) is 25.8 Å². The molecule has 1 aliphatic rings. The van der Waals surface area contributed by atoms with E-state index in [1.165, 1.54) is 0 Å². The third-order valence-corrected chi connectivity index (χ3v) is 3.73. The molecule has 0 spiro atoms. The Hall–Kier alpha value is -1.39. The lowest BCUT2D eigenvalue weighted by Crippen LogP contribution is -2.38. The third-order valence-electron chi connectivity index (χ3n) is 3.73. The molecule has 0 saturated carbocycles. The normalized spacial score (nSPS) is 21.0. The minimum Gasteiger partial charge on any atom is -0.441 e. The number of rotatable bonds is 5. The summed E-state index contributed by atoms with van der Waals surface area (Å²) in [5.74, 6) is 1.38. The lowest BCUT2D eigenvalue weighted by Gasteiger charge is -2.21. The average molecular weight is 260 g/mol. The van der Waals surface area contributed by atoms with Gasteiger partial charge in [-0.1, -0.05) is 19.1 Å². The number of nitrogens with one attached hydrogen (secondary N) is 1. The zero-order chi connectivity index (χ0) is 13.1. The monoisotopic (exact) mass is 260 g/mol. The first kappa shape index (κ1) is 12.6. The highest BCUT2D eigenvalue weighted by Gasteiger charge is 2.26. The molecule has 3 rings (SSSR count). The quantitative estimate of drug-likeness (QED) is 0.896. The van der Waals surface area contributed by atoms with Crippen LogP contribution in [0.3, 0.4) is 0 Å². The lowest BCUT2D eigenvalue weighted by molar-refractivity contribution is 0.175. The minimum atomic E-state index is 0.389. The molecule has 2 aromatic rings. The zero-order valence-electron chi connectivity index (χ0n) is 11.3. The molecule has 2 atom stereocenters. The Balaban J connectivity index is 1.76. The Kier molecular flexibility index (Phi) is 3.80. The van der Waals surface area contributed by atoms with Crippen LogP contribution in [0.2, 0.25) is 0 Å². The predicted octanol–water partition coefficient (Wildman–Crippen LogP) is 2.38. The van der Waals surface area contributed by atoms with Crippen molar-refractivity contribution in [3.63, 3.8) is 0 Å². The molecule has 1 aromatic heterocycles. The molecule has 1 saturated heterocycles. The molecule has 102 valence electrons. The van der Waals surface area contributed by atoms with Crippen LogP contribution in [0.4, 0.5) is 0 Å². The van der Waals surface area contributed by atoms with Crippen LogP contribution in [0.1, 0.15) is 19.2 Å². The molecule has 19 heavy (non-hydrogen) atoms. The molecule has 0 aliphatic carbocycles. The molecule has 0 bridgehead atoms. The van der Waals surface area contributed by atoms with Gasteiger partial charge in [0.25, 0.3) is 0 Å². The Morgan fingerprint density at radius 3 is 3.05 bits per heavy atom. The maximum atomic E-state index is 5.81. The van der Waals surface area contributed by atoms with Crippen molar-refractivity contribution in [1.29, 1.82) is 0 Å². The standard InChI is InChI=1S/C15H20N2O2/c1-2-16-13(11-7-8-18-10-11)9-15-17-12-5-3-4-6-14(12)19-15/h3-6,11,13,16H,2,7-10H2,1H3. The van der Waals surface area contributed by atoms with Crippen molar-refractivity contribution >= 4 is 11.1 Å². The van der Waals surface area contributed by atoms with Crippen LogP contribution in [0, 0.1) is 5.92 Å². The van der Waals surface area contributed by atoms with Gasteiger partial charge in [-0.3, -0.25) is 0 Å². The van der Waals surface area contributed by atoms with Gasteiger partial charge in [-0.25, -0.2) is 4.98 Å². The van der Waals surface area contributed by atoms with Gasteiger partial charge in [-0.05, 0) is 25.1 Å². The Morgan fingerprint density at radius 2 is 2.32 bits per heavy atom. The van der Waals surface area contributed by atoms with E-state index in [9.17, 15) is 0 Å². The van der Waals surface area contributed by atoms with E-state index in [1.807, 2.05) is 24.3 Å². The molecule has 1 aliphatic heterocycles. The lowest BCUT2D eigenvalue weighted by atomic mass is 9.96. The first-order chi connectivity index (χ1) is 9.36. The van der Waals surface area contributed by atoms with Crippen LogP contribution in [0.25, 0.3) is 11.1 Å². The van der Waals surface area contributed by atoms with Gasteiger partial charge in [0.2, 0.25) is 0 Å². The van der Waals surface area contributed by atoms with Crippen molar-refractivity contribution in [1.82, 2.24) is 10.3 Å². The van der Waals surface area contributed by atoms with E-state index < -0.39 is 0 Å². The van der Waals surface area contributed by atoms with Crippen LogP contribution in [0.5, 0.6) is 0 Å². The summed E-state index contributed by atoms with van der Waals surface area (Å²) in [6, 6.07) is 8.31. The Bertz CT molecular complexity index is 499. The summed E-state index contributed by atoms with van der Waals surface area (Å²) in [5, 5.41) is 3.54. The Labute approximate surface area is 113 Å².